The zero-order valence-corrected chi connectivity index (χ0v) is 29.2. The van der Waals surface area contributed by atoms with Crippen LogP contribution >= 0.6 is 0 Å². The van der Waals surface area contributed by atoms with Crippen molar-refractivity contribution in [3.8, 4) is 0 Å². The molecule has 0 amide bonds. The summed E-state index contributed by atoms with van der Waals surface area (Å²) >= 11 is 0. The number of carbonyl (C=O) groups excluding carboxylic acids is 1. The highest BCUT2D eigenvalue weighted by Gasteiger charge is 2.56. The molecule has 0 aromatic rings. The summed E-state index contributed by atoms with van der Waals surface area (Å²) < 4.78 is 22.5. The van der Waals surface area contributed by atoms with Gasteiger partial charge < -0.3 is 49.6 Å². The number of aliphatic hydroxyl groups is 6. The van der Waals surface area contributed by atoms with Crippen molar-refractivity contribution in [1.82, 2.24) is 0 Å². The molecular weight excluding hydrogens is 608 g/mol. The Morgan fingerprint density at radius 2 is 1.72 bits per heavy atom. The predicted molar refractivity (Wildman–Crippen MR) is 178 cm³/mol. The van der Waals surface area contributed by atoms with Crippen molar-refractivity contribution in [2.45, 2.75) is 122 Å². The topological polar surface area (TPSA) is 175 Å². The van der Waals surface area contributed by atoms with Gasteiger partial charge in [-0.25, -0.2) is 4.79 Å². The Labute approximate surface area is 279 Å². The van der Waals surface area contributed by atoms with Crippen LogP contribution in [-0.4, -0.2) is 112 Å². The quantitative estimate of drug-likeness (QED) is 0.221. The highest BCUT2D eigenvalue weighted by Crippen LogP contribution is 2.41. The standard InChI is InChI=1S/C36H58O11/c1-21-11-10-14-29(39)31(45-8)19-32(46-35(42)24(4)17-22(2)12-9-13-23(3)28(38)16-15-21)34(41)36(43)26(6)33(40)25(5)30(47-36)18-27(37)20-44-7/h9,11-13,15-17,23,25-34,37-41,43H,10,14,18-20H2,1-8H3/b13-9+,16-15+,21-11+,22-12+,24-17+/t23-,25+,26-,27-,28-,29+,30-,31+,32+,33+,34-,36-/m1/s1. The minimum atomic E-state index is -2.39. The number of carbonyl (C=O) groups is 1. The molecule has 12 atom stereocenters. The highest BCUT2D eigenvalue weighted by atomic mass is 16.7. The van der Waals surface area contributed by atoms with Crippen molar-refractivity contribution in [3.05, 3.63) is 59.3 Å². The van der Waals surface area contributed by atoms with Gasteiger partial charge in [0.1, 0.15) is 12.2 Å². The second kappa shape index (κ2) is 19.1. The molecule has 0 spiro atoms. The minimum Gasteiger partial charge on any atom is -0.456 e. The van der Waals surface area contributed by atoms with Crippen LogP contribution < -0.4 is 0 Å². The summed E-state index contributed by atoms with van der Waals surface area (Å²) in [7, 11) is 2.83. The van der Waals surface area contributed by atoms with Crippen LogP contribution in [0.5, 0.6) is 0 Å². The lowest BCUT2D eigenvalue weighted by Gasteiger charge is -2.51. The number of methoxy groups -OCH3 is 2. The molecule has 1 fully saturated rings. The average molecular weight is 667 g/mol. The molecule has 0 bridgehead atoms. The number of rotatable bonds is 7. The number of allylic oxidation sites excluding steroid dienone is 7. The monoisotopic (exact) mass is 666 g/mol. The lowest BCUT2D eigenvalue weighted by Crippen LogP contribution is -2.65. The van der Waals surface area contributed by atoms with Gasteiger partial charge in [-0.05, 0) is 39.7 Å². The number of aliphatic hydroxyl groups excluding tert-OH is 5. The van der Waals surface area contributed by atoms with Crippen LogP contribution in [0.2, 0.25) is 0 Å². The molecular formula is C36H58O11. The molecule has 0 radical (unpaired) electrons. The van der Waals surface area contributed by atoms with Crippen LogP contribution in [0.4, 0.5) is 0 Å². The summed E-state index contributed by atoms with van der Waals surface area (Å²) in [5.74, 6) is -4.87. The molecule has 2 aliphatic heterocycles. The molecule has 1 saturated heterocycles. The SMILES string of the molecule is COC[C@H](O)C[C@H]1O[C@@](O)([C@H](O)[C@@H]2C[C@H](OC)[C@@H](O)CC/C=C(C)/C=C/[C@@H](O)[C@H](C)/C=C/C=C(C)/C=C(\C)C(=O)O2)[C@H](C)[C@@H](O)[C@H]1C. The van der Waals surface area contributed by atoms with Gasteiger partial charge in [0, 0.05) is 50.4 Å². The first-order valence-electron chi connectivity index (χ1n) is 16.5. The Morgan fingerprint density at radius 1 is 1.04 bits per heavy atom. The maximum absolute atomic E-state index is 13.4. The number of ether oxygens (including phenoxy) is 4. The third kappa shape index (κ3) is 11.7. The smallest absolute Gasteiger partial charge is 0.334 e. The predicted octanol–water partition coefficient (Wildman–Crippen LogP) is 2.89. The van der Waals surface area contributed by atoms with Gasteiger partial charge in [-0.2, -0.15) is 0 Å². The van der Waals surface area contributed by atoms with E-state index in [0.29, 0.717) is 6.42 Å². The lowest BCUT2D eigenvalue weighted by atomic mass is 9.76. The van der Waals surface area contributed by atoms with E-state index >= 15 is 0 Å². The van der Waals surface area contributed by atoms with Gasteiger partial charge in [0.15, 0.2) is 0 Å². The average Bonchev–Trinajstić information content (AvgIpc) is 3.02. The summed E-state index contributed by atoms with van der Waals surface area (Å²) in [6.45, 7) is 10.4. The molecule has 11 heteroatoms. The first-order valence-corrected chi connectivity index (χ1v) is 16.5. The summed E-state index contributed by atoms with van der Waals surface area (Å²) in [6, 6.07) is 0. The van der Waals surface area contributed by atoms with Gasteiger partial charge in [0.2, 0.25) is 5.79 Å². The third-order valence-corrected chi connectivity index (χ3v) is 9.29. The molecule has 0 aromatic heterocycles. The van der Waals surface area contributed by atoms with Gasteiger partial charge in [-0.15, -0.1) is 0 Å². The summed E-state index contributed by atoms with van der Waals surface area (Å²) in [6.07, 6.45) is 4.17. The first-order chi connectivity index (χ1) is 22.0. The van der Waals surface area contributed by atoms with Crippen LogP contribution in [0.1, 0.15) is 67.2 Å². The Hall–Kier alpha value is -2.19. The van der Waals surface area contributed by atoms with E-state index in [0.717, 1.165) is 11.1 Å². The van der Waals surface area contributed by atoms with Crippen molar-refractivity contribution < 1.29 is 54.4 Å². The molecule has 268 valence electrons. The number of esters is 1. The number of cyclic esters (lactones) is 1. The fourth-order valence-electron chi connectivity index (χ4n) is 5.99. The molecule has 0 aliphatic carbocycles. The van der Waals surface area contributed by atoms with Crippen LogP contribution in [0, 0.1) is 17.8 Å². The second-order valence-electron chi connectivity index (χ2n) is 13.2. The molecule has 11 nitrogen and oxygen atoms in total. The molecule has 2 aliphatic rings. The van der Waals surface area contributed by atoms with E-state index in [1.807, 2.05) is 32.1 Å². The zero-order chi connectivity index (χ0) is 35.5. The van der Waals surface area contributed by atoms with Gasteiger partial charge >= 0.3 is 5.97 Å². The molecule has 0 saturated carbocycles. The van der Waals surface area contributed by atoms with Gasteiger partial charge in [-0.3, -0.25) is 0 Å². The van der Waals surface area contributed by atoms with Crippen LogP contribution in [0.3, 0.4) is 0 Å². The van der Waals surface area contributed by atoms with Gasteiger partial charge in [0.25, 0.3) is 0 Å². The Kier molecular flexibility index (Phi) is 16.7. The maximum atomic E-state index is 13.4. The minimum absolute atomic E-state index is 0.00804. The van der Waals surface area contributed by atoms with E-state index in [9.17, 15) is 35.4 Å². The zero-order valence-electron chi connectivity index (χ0n) is 29.2. The molecule has 2 heterocycles. The van der Waals surface area contributed by atoms with Crippen LogP contribution in [0.25, 0.3) is 0 Å². The fraction of sp³-hybridized carbons (Fsp3) is 0.694. The van der Waals surface area contributed by atoms with E-state index in [2.05, 4.69) is 0 Å². The van der Waals surface area contributed by atoms with E-state index in [-0.39, 0.29) is 37.4 Å². The summed E-state index contributed by atoms with van der Waals surface area (Å²) in [5.41, 5.74) is 1.84. The Bertz CT molecular complexity index is 1140. The van der Waals surface area contributed by atoms with Gasteiger partial charge in [-0.1, -0.05) is 68.4 Å². The first kappa shape index (κ1) is 41.0. The summed E-state index contributed by atoms with van der Waals surface area (Å²) in [4.78, 5) is 13.4. The van der Waals surface area contributed by atoms with Crippen molar-refractivity contribution in [2.75, 3.05) is 20.8 Å². The molecule has 0 aromatic carbocycles. The molecule has 47 heavy (non-hydrogen) atoms. The number of hydrogen-bond acceptors (Lipinski definition) is 11. The van der Waals surface area contributed by atoms with E-state index < -0.39 is 72.4 Å². The van der Waals surface area contributed by atoms with Crippen molar-refractivity contribution in [2.24, 2.45) is 17.8 Å². The highest BCUT2D eigenvalue weighted by molar-refractivity contribution is 5.88. The van der Waals surface area contributed by atoms with E-state index in [1.165, 1.54) is 21.1 Å². The van der Waals surface area contributed by atoms with E-state index in [1.54, 1.807) is 45.1 Å². The Morgan fingerprint density at radius 3 is 2.36 bits per heavy atom. The molecule has 2 rings (SSSR count). The van der Waals surface area contributed by atoms with E-state index in [4.69, 9.17) is 18.9 Å². The van der Waals surface area contributed by atoms with Gasteiger partial charge in [0.05, 0.1) is 43.2 Å². The van der Waals surface area contributed by atoms with Crippen molar-refractivity contribution >= 4 is 5.97 Å². The normalized spacial score (nSPS) is 41.5. The largest absolute Gasteiger partial charge is 0.456 e. The molecule has 6 N–H and O–H groups in total. The summed E-state index contributed by atoms with van der Waals surface area (Å²) in [5, 5.41) is 66.8. The van der Waals surface area contributed by atoms with Crippen molar-refractivity contribution in [1.29, 1.82) is 0 Å². The number of hydrogen-bond donors (Lipinski definition) is 6. The fourth-order valence-corrected chi connectivity index (χ4v) is 5.99. The second-order valence-corrected chi connectivity index (χ2v) is 13.2. The molecule has 0 unspecified atom stereocenters. The maximum Gasteiger partial charge on any atom is 0.334 e. The van der Waals surface area contributed by atoms with Crippen LogP contribution in [0.15, 0.2) is 59.3 Å². The Balaban J connectivity index is 2.52. The van der Waals surface area contributed by atoms with Crippen LogP contribution in [-0.2, 0) is 23.7 Å². The lowest BCUT2D eigenvalue weighted by molar-refractivity contribution is -0.362. The third-order valence-electron chi connectivity index (χ3n) is 9.29. The van der Waals surface area contributed by atoms with Crippen molar-refractivity contribution in [3.63, 3.8) is 0 Å².